The van der Waals surface area contributed by atoms with Crippen LogP contribution in [0.25, 0.3) is 0 Å². The Kier molecular flexibility index (Phi) is 7.94. The number of hydrogen-bond acceptors (Lipinski definition) is 4. The van der Waals surface area contributed by atoms with E-state index in [1.165, 1.54) is 0 Å². The maximum Gasteiger partial charge on any atom is 0.261 e. The molecule has 0 heterocycles. The molecule has 0 spiro atoms. The van der Waals surface area contributed by atoms with E-state index in [1.807, 2.05) is 43.3 Å². The molecule has 0 atom stereocenters. The molecule has 0 aliphatic carbocycles. The molecule has 7 heteroatoms. The molecule has 3 aromatic rings. The van der Waals surface area contributed by atoms with E-state index in [0.29, 0.717) is 29.2 Å². The predicted octanol–water partition coefficient (Wildman–Crippen LogP) is 4.88. The summed E-state index contributed by atoms with van der Waals surface area (Å²) < 4.78 is 5.63. The molecule has 0 saturated carbocycles. The van der Waals surface area contributed by atoms with E-state index >= 15 is 0 Å². The van der Waals surface area contributed by atoms with Crippen LogP contribution in [0, 0.1) is 0 Å². The van der Waals surface area contributed by atoms with Crippen molar-refractivity contribution in [2.24, 2.45) is 0 Å². The lowest BCUT2D eigenvalue weighted by molar-refractivity contribution is 0.0971. The largest absolute Gasteiger partial charge is 0.493 e. The summed E-state index contributed by atoms with van der Waals surface area (Å²) in [5, 5.41) is 5.78. The van der Waals surface area contributed by atoms with Gasteiger partial charge < -0.3 is 15.0 Å². The van der Waals surface area contributed by atoms with Crippen LogP contribution in [0.5, 0.6) is 5.75 Å². The van der Waals surface area contributed by atoms with Gasteiger partial charge in [0.15, 0.2) is 5.11 Å². The van der Waals surface area contributed by atoms with Gasteiger partial charge in [-0.1, -0.05) is 37.3 Å². The molecule has 6 nitrogen and oxygen atoms in total. The third-order valence-corrected chi connectivity index (χ3v) is 4.86. The highest BCUT2D eigenvalue weighted by Gasteiger charge is 2.15. The molecule has 0 unspecified atom stereocenters. The van der Waals surface area contributed by atoms with E-state index in [4.69, 9.17) is 17.0 Å². The smallest absolute Gasteiger partial charge is 0.261 e. The second-order valence-corrected chi connectivity index (χ2v) is 7.44. The average Bonchev–Trinajstić information content (AvgIpc) is 2.83. The van der Waals surface area contributed by atoms with Crippen LogP contribution in [0.15, 0.2) is 78.9 Å². The van der Waals surface area contributed by atoms with Crippen molar-refractivity contribution < 1.29 is 14.3 Å². The minimum Gasteiger partial charge on any atom is -0.493 e. The van der Waals surface area contributed by atoms with Gasteiger partial charge in [0.05, 0.1) is 12.2 Å². The molecule has 0 aliphatic heterocycles. The van der Waals surface area contributed by atoms with Gasteiger partial charge in [-0.2, -0.15) is 0 Å². The van der Waals surface area contributed by atoms with Gasteiger partial charge in [-0.05, 0) is 67.2 Å². The highest BCUT2D eigenvalue weighted by Crippen LogP contribution is 2.19. The molecule has 32 heavy (non-hydrogen) atoms. The Bertz CT molecular complexity index is 1090. The summed E-state index contributed by atoms with van der Waals surface area (Å²) in [5.41, 5.74) is 2.42. The Morgan fingerprint density at radius 1 is 0.938 bits per heavy atom. The Hall–Kier alpha value is -3.71. The standard InChI is InChI=1S/C25H25N3O3S/c1-3-17-31-22-12-8-7-11-21(22)23(29)27-25(32)26-19-15-13-18(14-16-19)24(30)28(2)20-9-5-4-6-10-20/h4-16H,3,17H2,1-2H3,(H2,26,27,29,32). The van der Waals surface area contributed by atoms with E-state index in [1.54, 1.807) is 54.4 Å². The highest BCUT2D eigenvalue weighted by atomic mass is 32.1. The summed E-state index contributed by atoms with van der Waals surface area (Å²) in [6, 6.07) is 23.3. The molecule has 0 aromatic heterocycles. The van der Waals surface area contributed by atoms with Crippen molar-refractivity contribution in [3.05, 3.63) is 90.0 Å². The maximum atomic E-state index is 12.7. The number of thiocarbonyl (C=S) groups is 1. The summed E-state index contributed by atoms with van der Waals surface area (Å²) >= 11 is 5.27. The van der Waals surface area contributed by atoms with Crippen LogP contribution in [0.3, 0.4) is 0 Å². The van der Waals surface area contributed by atoms with Crippen molar-refractivity contribution in [3.8, 4) is 5.75 Å². The number of nitrogens with zero attached hydrogens (tertiary/aromatic N) is 1. The van der Waals surface area contributed by atoms with Crippen LogP contribution >= 0.6 is 12.2 Å². The zero-order valence-corrected chi connectivity index (χ0v) is 18.8. The third kappa shape index (κ3) is 5.92. The molecule has 2 N–H and O–H groups in total. The van der Waals surface area contributed by atoms with Gasteiger partial charge in [-0.3, -0.25) is 14.9 Å². The van der Waals surface area contributed by atoms with Crippen molar-refractivity contribution in [1.82, 2.24) is 5.32 Å². The zero-order chi connectivity index (χ0) is 22.9. The van der Waals surface area contributed by atoms with Gasteiger partial charge in [-0.25, -0.2) is 0 Å². The first kappa shape index (κ1) is 23.0. The summed E-state index contributed by atoms with van der Waals surface area (Å²) in [6.45, 7) is 2.53. The number of nitrogens with one attached hydrogen (secondary N) is 2. The van der Waals surface area contributed by atoms with Gasteiger partial charge in [0.25, 0.3) is 11.8 Å². The number of carbonyl (C=O) groups is 2. The molecule has 0 radical (unpaired) electrons. The fourth-order valence-electron chi connectivity index (χ4n) is 2.98. The fraction of sp³-hybridized carbons (Fsp3) is 0.160. The number of hydrogen-bond donors (Lipinski definition) is 2. The van der Waals surface area contributed by atoms with Crippen molar-refractivity contribution >= 4 is 40.5 Å². The summed E-state index contributed by atoms with van der Waals surface area (Å²) in [7, 11) is 1.73. The first-order chi connectivity index (χ1) is 15.5. The van der Waals surface area contributed by atoms with Gasteiger partial charge in [0.1, 0.15) is 5.75 Å². The average molecular weight is 448 g/mol. The molecule has 164 valence electrons. The van der Waals surface area contributed by atoms with Crippen LogP contribution in [-0.2, 0) is 0 Å². The van der Waals surface area contributed by atoms with E-state index in [0.717, 1.165) is 12.1 Å². The van der Waals surface area contributed by atoms with Crippen molar-refractivity contribution in [3.63, 3.8) is 0 Å². The number of rotatable bonds is 7. The summed E-state index contributed by atoms with van der Waals surface area (Å²) in [6.07, 6.45) is 0.843. The van der Waals surface area contributed by atoms with Gasteiger partial charge in [0, 0.05) is 24.0 Å². The number of para-hydroxylation sites is 2. The van der Waals surface area contributed by atoms with Crippen LogP contribution in [0.1, 0.15) is 34.1 Å². The minimum absolute atomic E-state index is 0.123. The van der Waals surface area contributed by atoms with Gasteiger partial charge >= 0.3 is 0 Å². The SMILES string of the molecule is CCCOc1ccccc1C(=O)NC(=S)Nc1ccc(C(=O)N(C)c2ccccc2)cc1. The van der Waals surface area contributed by atoms with E-state index < -0.39 is 0 Å². The first-order valence-electron chi connectivity index (χ1n) is 10.3. The normalized spacial score (nSPS) is 10.2. The number of benzene rings is 3. The lowest BCUT2D eigenvalue weighted by Crippen LogP contribution is -2.34. The van der Waals surface area contributed by atoms with E-state index in [2.05, 4.69) is 10.6 Å². The number of anilines is 2. The third-order valence-electron chi connectivity index (χ3n) is 4.66. The quantitative estimate of drug-likeness (QED) is 0.505. The van der Waals surface area contributed by atoms with Crippen molar-refractivity contribution in [1.29, 1.82) is 0 Å². The monoisotopic (exact) mass is 447 g/mol. The molecule has 0 fully saturated rings. The topological polar surface area (TPSA) is 70.7 Å². The van der Waals surface area contributed by atoms with Crippen molar-refractivity contribution in [2.45, 2.75) is 13.3 Å². The predicted molar refractivity (Wildman–Crippen MR) is 132 cm³/mol. The molecule has 0 saturated heterocycles. The second-order valence-electron chi connectivity index (χ2n) is 7.03. The molecular formula is C25H25N3O3S. The Morgan fingerprint density at radius 3 is 2.28 bits per heavy atom. The zero-order valence-electron chi connectivity index (χ0n) is 18.0. The van der Waals surface area contributed by atoms with Crippen molar-refractivity contribution in [2.75, 3.05) is 23.9 Å². The molecule has 0 aliphatic rings. The summed E-state index contributed by atoms with van der Waals surface area (Å²) in [4.78, 5) is 26.9. The fourth-order valence-corrected chi connectivity index (χ4v) is 3.19. The number of carbonyl (C=O) groups excluding carboxylic acids is 2. The molecule has 2 amide bonds. The number of amides is 2. The van der Waals surface area contributed by atoms with Gasteiger partial charge in [0.2, 0.25) is 0 Å². The summed E-state index contributed by atoms with van der Waals surface area (Å²) in [5.74, 6) is 0.0350. The Balaban J connectivity index is 1.60. The molecule has 3 aromatic carbocycles. The number of ether oxygens (including phenoxy) is 1. The lowest BCUT2D eigenvalue weighted by Gasteiger charge is -2.17. The van der Waals surface area contributed by atoms with E-state index in [9.17, 15) is 9.59 Å². The molecule has 0 bridgehead atoms. The first-order valence-corrected chi connectivity index (χ1v) is 10.7. The minimum atomic E-state index is -0.356. The molecule has 3 rings (SSSR count). The van der Waals surface area contributed by atoms with Crippen LogP contribution < -0.4 is 20.3 Å². The highest BCUT2D eigenvalue weighted by molar-refractivity contribution is 7.80. The second kappa shape index (κ2) is 11.1. The molecular weight excluding hydrogens is 422 g/mol. The van der Waals surface area contributed by atoms with Crippen LogP contribution in [0.4, 0.5) is 11.4 Å². The van der Waals surface area contributed by atoms with Crippen LogP contribution in [0.2, 0.25) is 0 Å². The maximum absolute atomic E-state index is 12.7. The lowest BCUT2D eigenvalue weighted by atomic mass is 10.1. The van der Waals surface area contributed by atoms with Crippen LogP contribution in [-0.4, -0.2) is 30.6 Å². The Labute approximate surface area is 193 Å². The Morgan fingerprint density at radius 2 is 1.59 bits per heavy atom. The van der Waals surface area contributed by atoms with E-state index in [-0.39, 0.29) is 16.9 Å². The van der Waals surface area contributed by atoms with Gasteiger partial charge in [-0.15, -0.1) is 0 Å².